The molecule has 2 aromatic carbocycles. The first-order chi connectivity index (χ1) is 10.6. The van der Waals surface area contributed by atoms with E-state index < -0.39 is 10.8 Å². The first kappa shape index (κ1) is 14.2. The van der Waals surface area contributed by atoms with Crippen LogP contribution < -0.4 is 5.32 Å². The largest absolute Gasteiger partial charge is 0.318 e. The Hall–Kier alpha value is -2.73. The summed E-state index contributed by atoms with van der Waals surface area (Å²) in [5.41, 5.74) is 1.58. The first-order valence-corrected chi connectivity index (χ1v) is 6.82. The zero-order valence-corrected chi connectivity index (χ0v) is 12.0. The third-order valence-electron chi connectivity index (χ3n) is 3.23. The molecule has 6 nitrogen and oxygen atoms in total. The van der Waals surface area contributed by atoms with Crippen LogP contribution in [0.3, 0.4) is 0 Å². The van der Waals surface area contributed by atoms with Crippen LogP contribution in [-0.2, 0) is 4.79 Å². The Morgan fingerprint density at radius 2 is 1.95 bits per heavy atom. The van der Waals surface area contributed by atoms with Gasteiger partial charge in [-0.15, -0.1) is 0 Å². The van der Waals surface area contributed by atoms with Crippen LogP contribution in [0.25, 0.3) is 0 Å². The Morgan fingerprint density at radius 3 is 2.64 bits per heavy atom. The number of anilines is 1. The van der Waals surface area contributed by atoms with Gasteiger partial charge in [-0.1, -0.05) is 41.9 Å². The minimum atomic E-state index is -0.571. The van der Waals surface area contributed by atoms with Gasteiger partial charge in [0.1, 0.15) is 12.2 Å². The zero-order valence-electron chi connectivity index (χ0n) is 11.2. The van der Waals surface area contributed by atoms with Crippen molar-refractivity contribution in [2.45, 2.75) is 0 Å². The predicted molar refractivity (Wildman–Crippen MR) is 83.7 cm³/mol. The monoisotopic (exact) mass is 315 g/mol. The number of carbonyl (C=O) groups excluding carboxylic acids is 1. The standard InChI is InChI=1S/C15H10ClN3O3/c16-10-6-11-14(9-4-2-1-3-5-9)17-8-13(20)18-15(11)12(7-10)19(21)22/h1-7H,8H2,(H,18,20). The molecule has 0 radical (unpaired) electrons. The number of nitro groups is 1. The van der Waals surface area contributed by atoms with Crippen LogP contribution in [0.2, 0.25) is 5.02 Å². The van der Waals surface area contributed by atoms with E-state index in [1.54, 1.807) is 6.07 Å². The van der Waals surface area contributed by atoms with Crippen molar-refractivity contribution < 1.29 is 9.72 Å². The molecule has 1 amide bonds. The Bertz CT molecular complexity index is 803. The third-order valence-corrected chi connectivity index (χ3v) is 3.44. The molecule has 0 atom stereocenters. The highest BCUT2D eigenvalue weighted by Gasteiger charge is 2.26. The summed E-state index contributed by atoms with van der Waals surface area (Å²) in [6, 6.07) is 11.9. The average molecular weight is 316 g/mol. The molecule has 1 aliphatic heterocycles. The second-order valence-corrected chi connectivity index (χ2v) is 5.12. The summed E-state index contributed by atoms with van der Waals surface area (Å²) in [6.45, 7) is -0.103. The van der Waals surface area contributed by atoms with Gasteiger partial charge in [0, 0.05) is 22.2 Å². The van der Waals surface area contributed by atoms with Crippen LogP contribution in [0.1, 0.15) is 11.1 Å². The second-order valence-electron chi connectivity index (χ2n) is 4.68. The second kappa shape index (κ2) is 5.57. The molecule has 1 N–H and O–H groups in total. The highest BCUT2D eigenvalue weighted by atomic mass is 35.5. The van der Waals surface area contributed by atoms with E-state index in [1.165, 1.54) is 6.07 Å². The average Bonchev–Trinajstić information content (AvgIpc) is 2.66. The fraction of sp³-hybridized carbons (Fsp3) is 0.0667. The van der Waals surface area contributed by atoms with Crippen molar-refractivity contribution >= 4 is 34.6 Å². The van der Waals surface area contributed by atoms with Gasteiger partial charge in [0.25, 0.3) is 5.69 Å². The number of carbonyl (C=O) groups is 1. The van der Waals surface area contributed by atoms with Gasteiger partial charge in [0.2, 0.25) is 5.91 Å². The van der Waals surface area contributed by atoms with Crippen LogP contribution in [0.5, 0.6) is 0 Å². The van der Waals surface area contributed by atoms with Crippen molar-refractivity contribution in [3.8, 4) is 0 Å². The molecule has 0 fully saturated rings. The summed E-state index contributed by atoms with van der Waals surface area (Å²) in [7, 11) is 0. The van der Waals surface area contributed by atoms with E-state index in [-0.39, 0.29) is 22.9 Å². The topological polar surface area (TPSA) is 84.6 Å². The first-order valence-electron chi connectivity index (χ1n) is 6.44. The van der Waals surface area contributed by atoms with Crippen molar-refractivity contribution in [2.24, 2.45) is 4.99 Å². The molecule has 0 aliphatic carbocycles. The molecule has 0 aromatic heterocycles. The molecule has 2 aromatic rings. The Balaban J connectivity index is 2.28. The zero-order chi connectivity index (χ0) is 15.7. The number of aliphatic imine (C=N–C) groups is 1. The fourth-order valence-corrected chi connectivity index (χ4v) is 2.52. The molecule has 1 aliphatic rings. The molecular formula is C15H10ClN3O3. The highest BCUT2D eigenvalue weighted by molar-refractivity contribution is 6.32. The molecule has 0 saturated carbocycles. The molecule has 3 rings (SSSR count). The minimum Gasteiger partial charge on any atom is -0.318 e. The summed E-state index contributed by atoms with van der Waals surface area (Å²) >= 11 is 6.00. The lowest BCUT2D eigenvalue weighted by molar-refractivity contribution is -0.383. The van der Waals surface area contributed by atoms with Gasteiger partial charge in [-0.05, 0) is 6.07 Å². The van der Waals surface area contributed by atoms with Crippen LogP contribution in [-0.4, -0.2) is 23.1 Å². The molecular weight excluding hydrogens is 306 g/mol. The Kier molecular flexibility index (Phi) is 3.60. The molecule has 7 heteroatoms. The number of hydrogen-bond acceptors (Lipinski definition) is 4. The Morgan fingerprint density at radius 1 is 1.23 bits per heavy atom. The van der Waals surface area contributed by atoms with Gasteiger partial charge < -0.3 is 5.32 Å². The quantitative estimate of drug-likeness (QED) is 0.682. The Labute approximate surface area is 130 Å². The predicted octanol–water partition coefficient (Wildman–Crippen LogP) is 3.04. The van der Waals surface area contributed by atoms with Gasteiger partial charge in [-0.2, -0.15) is 0 Å². The van der Waals surface area contributed by atoms with Gasteiger partial charge in [-0.25, -0.2) is 0 Å². The number of benzodiazepines with no additional fused rings is 1. The summed E-state index contributed by atoms with van der Waals surface area (Å²) in [4.78, 5) is 26.8. The number of benzene rings is 2. The normalized spacial score (nSPS) is 13.7. The fourth-order valence-electron chi connectivity index (χ4n) is 2.31. The summed E-state index contributed by atoms with van der Waals surface area (Å²) < 4.78 is 0. The van der Waals surface area contributed by atoms with Gasteiger partial charge in [0.15, 0.2) is 0 Å². The van der Waals surface area contributed by atoms with E-state index in [2.05, 4.69) is 10.3 Å². The summed E-state index contributed by atoms with van der Waals surface area (Å²) in [5.74, 6) is -0.405. The number of fused-ring (bicyclic) bond motifs is 1. The number of amides is 1. The van der Waals surface area contributed by atoms with Crippen LogP contribution in [0.15, 0.2) is 47.5 Å². The number of nitrogens with zero attached hydrogens (tertiary/aromatic N) is 2. The smallest absolute Gasteiger partial charge is 0.294 e. The summed E-state index contributed by atoms with van der Waals surface area (Å²) in [5, 5.41) is 14.0. The lowest BCUT2D eigenvalue weighted by atomic mass is 10.00. The molecule has 22 heavy (non-hydrogen) atoms. The number of hydrogen-bond donors (Lipinski definition) is 1. The van der Waals surface area contributed by atoms with E-state index >= 15 is 0 Å². The van der Waals surface area contributed by atoms with Crippen LogP contribution in [0.4, 0.5) is 11.4 Å². The van der Waals surface area contributed by atoms with Crippen molar-refractivity contribution in [3.05, 3.63) is 68.7 Å². The van der Waals surface area contributed by atoms with E-state index in [9.17, 15) is 14.9 Å². The maximum Gasteiger partial charge on any atom is 0.294 e. The lowest BCUT2D eigenvalue weighted by Crippen LogP contribution is -2.14. The van der Waals surface area contributed by atoms with Crippen LogP contribution in [0, 0.1) is 10.1 Å². The van der Waals surface area contributed by atoms with Gasteiger partial charge in [0.05, 0.1) is 10.6 Å². The van der Waals surface area contributed by atoms with E-state index in [4.69, 9.17) is 11.6 Å². The van der Waals surface area contributed by atoms with Crippen LogP contribution >= 0.6 is 11.6 Å². The van der Waals surface area contributed by atoms with Crippen molar-refractivity contribution in [2.75, 3.05) is 11.9 Å². The van der Waals surface area contributed by atoms with E-state index in [1.807, 2.05) is 30.3 Å². The molecule has 0 saturated heterocycles. The van der Waals surface area contributed by atoms with Crippen molar-refractivity contribution in [3.63, 3.8) is 0 Å². The number of rotatable bonds is 2. The molecule has 110 valence electrons. The minimum absolute atomic E-state index is 0.103. The van der Waals surface area contributed by atoms with E-state index in [0.717, 1.165) is 5.56 Å². The summed E-state index contributed by atoms with van der Waals surface area (Å²) in [6.07, 6.45) is 0. The van der Waals surface area contributed by atoms with Crippen molar-refractivity contribution in [1.82, 2.24) is 0 Å². The maximum absolute atomic E-state index is 11.8. The van der Waals surface area contributed by atoms with Gasteiger partial charge in [-0.3, -0.25) is 19.9 Å². The lowest BCUT2D eigenvalue weighted by Gasteiger charge is -2.11. The number of nitrogens with one attached hydrogen (secondary N) is 1. The molecule has 0 spiro atoms. The number of nitro benzene ring substituents is 1. The van der Waals surface area contributed by atoms with Gasteiger partial charge >= 0.3 is 0 Å². The van der Waals surface area contributed by atoms with Crippen molar-refractivity contribution in [1.29, 1.82) is 0 Å². The SMILES string of the molecule is O=C1CN=C(c2ccccc2)c2cc(Cl)cc([N+](=O)[O-])c2N1. The molecule has 0 bridgehead atoms. The maximum atomic E-state index is 11.8. The molecule has 0 unspecified atom stereocenters. The highest BCUT2D eigenvalue weighted by Crippen LogP contribution is 2.35. The van der Waals surface area contributed by atoms with E-state index in [0.29, 0.717) is 11.3 Å². The third kappa shape index (κ3) is 2.56. The molecule has 1 heterocycles. The number of halogens is 1.